The maximum atomic E-state index is 10.9. The van der Waals surface area contributed by atoms with Gasteiger partial charge in [-0.15, -0.1) is 0 Å². The molecule has 0 radical (unpaired) electrons. The molecule has 0 amide bonds. The van der Waals surface area contributed by atoms with Crippen LogP contribution in [0.5, 0.6) is 5.75 Å². The number of hydrogen-bond acceptors (Lipinski definition) is 2. The van der Waals surface area contributed by atoms with Gasteiger partial charge in [0.05, 0.1) is 16.6 Å². The van der Waals surface area contributed by atoms with Gasteiger partial charge < -0.3 is 9.84 Å². The van der Waals surface area contributed by atoms with E-state index in [0.717, 1.165) is 41.5 Å². The van der Waals surface area contributed by atoms with Crippen LogP contribution in [0, 0.1) is 0 Å². The number of rotatable bonds is 1. The van der Waals surface area contributed by atoms with Crippen LogP contribution in [0.2, 0.25) is 0 Å². The second-order valence-corrected chi connectivity index (χ2v) is 4.76. The number of carboxylic acids is 1. The standard InChI is InChI=1S/C12H13BrO3/c13-10-7-9(12(14)15)6-8-4-2-1-3-5-16-11(8)10/h6-7H,1-5H2,(H,14,15). The zero-order valence-corrected chi connectivity index (χ0v) is 10.4. The van der Waals surface area contributed by atoms with Crippen LogP contribution < -0.4 is 4.74 Å². The van der Waals surface area contributed by atoms with E-state index in [-0.39, 0.29) is 0 Å². The third-order valence-electron chi connectivity index (χ3n) is 2.70. The zero-order chi connectivity index (χ0) is 11.5. The summed E-state index contributed by atoms with van der Waals surface area (Å²) in [6, 6.07) is 3.32. The molecule has 1 N–H and O–H groups in total. The number of benzene rings is 1. The second-order valence-electron chi connectivity index (χ2n) is 3.91. The van der Waals surface area contributed by atoms with E-state index >= 15 is 0 Å². The maximum absolute atomic E-state index is 10.9. The van der Waals surface area contributed by atoms with Crippen molar-refractivity contribution in [3.8, 4) is 5.75 Å². The highest BCUT2D eigenvalue weighted by atomic mass is 79.9. The number of ether oxygens (including phenoxy) is 1. The van der Waals surface area contributed by atoms with Gasteiger partial charge in [0.1, 0.15) is 5.75 Å². The lowest BCUT2D eigenvalue weighted by molar-refractivity contribution is 0.0696. The van der Waals surface area contributed by atoms with Gasteiger partial charge in [-0.1, -0.05) is 0 Å². The highest BCUT2D eigenvalue weighted by Crippen LogP contribution is 2.33. The third-order valence-corrected chi connectivity index (χ3v) is 3.29. The maximum Gasteiger partial charge on any atom is 0.335 e. The minimum absolute atomic E-state index is 0.315. The Kier molecular flexibility index (Phi) is 3.49. The van der Waals surface area contributed by atoms with Crippen LogP contribution in [0.4, 0.5) is 0 Å². The normalized spacial score (nSPS) is 15.6. The van der Waals surface area contributed by atoms with Gasteiger partial charge >= 0.3 is 5.97 Å². The van der Waals surface area contributed by atoms with Crippen LogP contribution in [0.1, 0.15) is 35.2 Å². The SMILES string of the molecule is O=C(O)c1cc(Br)c2c(c1)CCCCCO2. The fraction of sp³-hybridized carbons (Fsp3) is 0.417. The number of aryl methyl sites for hydroxylation is 1. The van der Waals surface area contributed by atoms with Crippen molar-refractivity contribution in [1.82, 2.24) is 0 Å². The average molecular weight is 285 g/mol. The first-order chi connectivity index (χ1) is 7.68. The number of hydrogen-bond donors (Lipinski definition) is 1. The minimum Gasteiger partial charge on any atom is -0.492 e. The smallest absolute Gasteiger partial charge is 0.335 e. The number of fused-ring (bicyclic) bond motifs is 1. The Morgan fingerprint density at radius 1 is 1.31 bits per heavy atom. The highest BCUT2D eigenvalue weighted by Gasteiger charge is 2.15. The molecule has 0 atom stereocenters. The summed E-state index contributed by atoms with van der Waals surface area (Å²) in [4.78, 5) is 10.9. The summed E-state index contributed by atoms with van der Waals surface area (Å²) in [5.74, 6) is -0.0877. The topological polar surface area (TPSA) is 46.5 Å². The highest BCUT2D eigenvalue weighted by molar-refractivity contribution is 9.10. The molecule has 16 heavy (non-hydrogen) atoms. The summed E-state index contributed by atoms with van der Waals surface area (Å²) >= 11 is 3.37. The lowest BCUT2D eigenvalue weighted by Gasteiger charge is -2.17. The predicted octanol–water partition coefficient (Wildman–Crippen LogP) is 3.25. The van der Waals surface area contributed by atoms with Crippen molar-refractivity contribution < 1.29 is 14.6 Å². The van der Waals surface area contributed by atoms with Gasteiger partial charge in [-0.25, -0.2) is 4.79 Å². The van der Waals surface area contributed by atoms with Crippen LogP contribution in [0.25, 0.3) is 0 Å². The minimum atomic E-state index is -0.898. The Morgan fingerprint density at radius 2 is 2.12 bits per heavy atom. The van der Waals surface area contributed by atoms with Crippen LogP contribution >= 0.6 is 15.9 Å². The first-order valence-electron chi connectivity index (χ1n) is 5.37. The molecule has 0 saturated heterocycles. The van der Waals surface area contributed by atoms with Gasteiger partial charge in [-0.05, 0) is 59.3 Å². The summed E-state index contributed by atoms with van der Waals surface area (Å²) in [6.45, 7) is 0.706. The van der Waals surface area contributed by atoms with E-state index in [1.165, 1.54) is 0 Å². The lowest BCUT2D eigenvalue weighted by Crippen LogP contribution is -2.07. The van der Waals surface area contributed by atoms with E-state index in [2.05, 4.69) is 15.9 Å². The monoisotopic (exact) mass is 284 g/mol. The van der Waals surface area contributed by atoms with E-state index in [4.69, 9.17) is 9.84 Å². The van der Waals surface area contributed by atoms with E-state index < -0.39 is 5.97 Å². The number of halogens is 1. The van der Waals surface area contributed by atoms with E-state index in [1.807, 2.05) is 0 Å². The Morgan fingerprint density at radius 3 is 2.88 bits per heavy atom. The van der Waals surface area contributed by atoms with Gasteiger partial charge in [0.25, 0.3) is 0 Å². The second kappa shape index (κ2) is 4.87. The van der Waals surface area contributed by atoms with Crippen molar-refractivity contribution in [1.29, 1.82) is 0 Å². The Labute approximate surface area is 103 Å². The Hall–Kier alpha value is -1.03. The van der Waals surface area contributed by atoms with Crippen LogP contribution in [-0.4, -0.2) is 17.7 Å². The molecule has 86 valence electrons. The molecule has 0 unspecified atom stereocenters. The van der Waals surface area contributed by atoms with Gasteiger partial charge in [-0.3, -0.25) is 0 Å². The quantitative estimate of drug-likeness (QED) is 0.861. The first-order valence-corrected chi connectivity index (χ1v) is 6.16. The Balaban J connectivity index is 2.43. The summed E-state index contributed by atoms with van der Waals surface area (Å²) in [6.07, 6.45) is 4.17. The lowest BCUT2D eigenvalue weighted by atomic mass is 10.0. The average Bonchev–Trinajstić information content (AvgIpc) is 2.19. The fourth-order valence-electron chi connectivity index (χ4n) is 1.89. The molecule has 1 aromatic rings. The van der Waals surface area contributed by atoms with Crippen molar-refractivity contribution in [2.45, 2.75) is 25.7 Å². The Bertz CT molecular complexity index is 415. The van der Waals surface area contributed by atoms with Crippen LogP contribution in [0.3, 0.4) is 0 Å². The number of aromatic carboxylic acids is 1. The molecule has 1 aromatic carbocycles. The molecule has 0 aliphatic carbocycles. The van der Waals surface area contributed by atoms with Gasteiger partial charge in [0, 0.05) is 0 Å². The van der Waals surface area contributed by atoms with Gasteiger partial charge in [0.2, 0.25) is 0 Å². The molecular formula is C12H13BrO3. The molecular weight excluding hydrogens is 272 g/mol. The number of carboxylic acid groups (broad SMARTS) is 1. The molecule has 0 spiro atoms. The molecule has 1 heterocycles. The molecule has 0 aromatic heterocycles. The molecule has 0 bridgehead atoms. The van der Waals surface area contributed by atoms with Crippen LogP contribution in [0.15, 0.2) is 16.6 Å². The van der Waals surface area contributed by atoms with Crippen molar-refractivity contribution in [2.24, 2.45) is 0 Å². The molecule has 2 rings (SSSR count). The summed E-state index contributed by atoms with van der Waals surface area (Å²) in [7, 11) is 0. The van der Waals surface area contributed by atoms with E-state index in [9.17, 15) is 4.79 Å². The van der Waals surface area contributed by atoms with Crippen LogP contribution in [-0.2, 0) is 6.42 Å². The van der Waals surface area contributed by atoms with Crippen molar-refractivity contribution in [2.75, 3.05) is 6.61 Å². The zero-order valence-electron chi connectivity index (χ0n) is 8.83. The number of carbonyl (C=O) groups is 1. The molecule has 4 heteroatoms. The summed E-state index contributed by atoms with van der Waals surface area (Å²) < 4.78 is 6.39. The third kappa shape index (κ3) is 2.38. The summed E-state index contributed by atoms with van der Waals surface area (Å²) in [5, 5.41) is 8.98. The van der Waals surface area contributed by atoms with E-state index in [0.29, 0.717) is 12.2 Å². The summed E-state index contributed by atoms with van der Waals surface area (Å²) in [5.41, 5.74) is 1.31. The molecule has 3 nitrogen and oxygen atoms in total. The molecule has 1 aliphatic heterocycles. The fourth-order valence-corrected chi connectivity index (χ4v) is 2.51. The van der Waals surface area contributed by atoms with Gasteiger partial charge in [0.15, 0.2) is 0 Å². The van der Waals surface area contributed by atoms with Crippen molar-refractivity contribution in [3.63, 3.8) is 0 Å². The van der Waals surface area contributed by atoms with E-state index in [1.54, 1.807) is 12.1 Å². The largest absolute Gasteiger partial charge is 0.492 e. The van der Waals surface area contributed by atoms with Crippen molar-refractivity contribution >= 4 is 21.9 Å². The van der Waals surface area contributed by atoms with Gasteiger partial charge in [-0.2, -0.15) is 0 Å². The molecule has 0 fully saturated rings. The molecule has 1 aliphatic rings. The predicted molar refractivity (Wildman–Crippen MR) is 64.2 cm³/mol. The first kappa shape index (κ1) is 11.5. The molecule has 0 saturated carbocycles. The van der Waals surface area contributed by atoms with Crippen molar-refractivity contribution in [3.05, 3.63) is 27.7 Å².